The second kappa shape index (κ2) is 5.56. The molecular weight excluding hydrogens is 306 g/mol. The Bertz CT molecular complexity index is 854. The van der Waals surface area contributed by atoms with Crippen LogP contribution < -0.4 is 4.90 Å². The van der Waals surface area contributed by atoms with Crippen molar-refractivity contribution in [3.05, 3.63) is 71.8 Å². The lowest BCUT2D eigenvalue weighted by atomic mass is 10.0. The van der Waals surface area contributed by atoms with E-state index in [9.17, 15) is 4.79 Å². The van der Waals surface area contributed by atoms with E-state index < -0.39 is 0 Å². The van der Waals surface area contributed by atoms with Crippen molar-refractivity contribution in [2.45, 2.75) is 12.6 Å². The van der Waals surface area contributed by atoms with E-state index in [0.717, 1.165) is 16.8 Å². The number of rotatable bonds is 3. The van der Waals surface area contributed by atoms with Crippen molar-refractivity contribution in [3.63, 3.8) is 0 Å². The second-order valence-corrected chi connectivity index (χ2v) is 5.99. The fraction of sp³-hybridized carbons (Fsp3) is 0.222. The molecule has 3 aromatic rings. The van der Waals surface area contributed by atoms with Crippen molar-refractivity contribution < 1.29 is 13.6 Å². The number of furan rings is 1. The average Bonchev–Trinajstić information content (AvgIpc) is 3.31. The van der Waals surface area contributed by atoms with Gasteiger partial charge in [0.2, 0.25) is 0 Å². The maximum absolute atomic E-state index is 12.9. The Morgan fingerprint density at radius 2 is 2.17 bits per heavy atom. The number of carbonyl (C=O) groups is 1. The number of carbonyl (C=O) groups excluding carboxylic acids is 1. The number of benzene rings is 1. The zero-order chi connectivity index (χ0) is 16.7. The number of amides is 1. The summed E-state index contributed by atoms with van der Waals surface area (Å²) in [5, 5.41) is 0. The molecule has 1 aliphatic heterocycles. The van der Waals surface area contributed by atoms with Crippen LogP contribution in [0.5, 0.6) is 0 Å². The van der Waals surface area contributed by atoms with Gasteiger partial charge in [-0.05, 0) is 35.4 Å². The zero-order valence-corrected chi connectivity index (χ0v) is 13.5. The first kappa shape index (κ1) is 14.6. The molecule has 0 bridgehead atoms. The van der Waals surface area contributed by atoms with Gasteiger partial charge in [-0.25, -0.2) is 4.98 Å². The number of hydrogen-bond donors (Lipinski definition) is 0. The first-order valence-corrected chi connectivity index (χ1v) is 7.68. The summed E-state index contributed by atoms with van der Waals surface area (Å²) in [6, 6.07) is 9.29. The summed E-state index contributed by atoms with van der Waals surface area (Å²) in [7, 11) is 3.99. The Morgan fingerprint density at radius 3 is 2.83 bits per heavy atom. The molecular formula is C18H17N3O3. The van der Waals surface area contributed by atoms with Gasteiger partial charge < -0.3 is 18.6 Å². The fourth-order valence-corrected chi connectivity index (χ4v) is 3.12. The van der Waals surface area contributed by atoms with Crippen LogP contribution in [0.1, 0.15) is 33.5 Å². The Labute approximate surface area is 139 Å². The van der Waals surface area contributed by atoms with Crippen LogP contribution in [-0.2, 0) is 6.54 Å². The molecule has 0 radical (unpaired) electrons. The van der Waals surface area contributed by atoms with E-state index in [4.69, 9.17) is 8.83 Å². The number of fused-ring (bicyclic) bond motifs is 1. The van der Waals surface area contributed by atoms with Crippen LogP contribution in [0.4, 0.5) is 5.69 Å². The van der Waals surface area contributed by atoms with E-state index >= 15 is 0 Å². The van der Waals surface area contributed by atoms with Gasteiger partial charge in [0.1, 0.15) is 6.04 Å². The van der Waals surface area contributed by atoms with Gasteiger partial charge in [-0.2, -0.15) is 0 Å². The third-order valence-electron chi connectivity index (χ3n) is 4.30. The molecule has 1 atom stereocenters. The fourth-order valence-electron chi connectivity index (χ4n) is 3.12. The van der Waals surface area contributed by atoms with Gasteiger partial charge in [-0.3, -0.25) is 4.79 Å². The van der Waals surface area contributed by atoms with Crippen molar-refractivity contribution in [1.29, 1.82) is 0 Å². The van der Waals surface area contributed by atoms with E-state index in [2.05, 4.69) is 11.1 Å². The van der Waals surface area contributed by atoms with Crippen molar-refractivity contribution in [2.75, 3.05) is 19.0 Å². The minimum absolute atomic E-state index is 0.163. The third-order valence-corrected chi connectivity index (χ3v) is 4.30. The molecule has 0 spiro atoms. The van der Waals surface area contributed by atoms with Gasteiger partial charge in [0.05, 0.1) is 12.5 Å². The van der Waals surface area contributed by atoms with Crippen LogP contribution in [0.15, 0.2) is 58.0 Å². The number of anilines is 1. The monoisotopic (exact) mass is 323 g/mol. The summed E-state index contributed by atoms with van der Waals surface area (Å²) in [6.07, 6.45) is 4.54. The first-order valence-electron chi connectivity index (χ1n) is 7.68. The molecule has 0 N–H and O–H groups in total. The van der Waals surface area contributed by atoms with E-state index in [1.165, 1.54) is 12.7 Å². The Morgan fingerprint density at radius 1 is 1.29 bits per heavy atom. The van der Waals surface area contributed by atoms with Crippen molar-refractivity contribution in [2.24, 2.45) is 0 Å². The van der Waals surface area contributed by atoms with Crippen LogP contribution in [0.3, 0.4) is 0 Å². The maximum Gasteiger partial charge on any atom is 0.290 e. The summed E-state index contributed by atoms with van der Waals surface area (Å²) < 4.78 is 10.8. The van der Waals surface area contributed by atoms with E-state index in [1.807, 2.05) is 31.1 Å². The predicted molar refractivity (Wildman–Crippen MR) is 87.7 cm³/mol. The quantitative estimate of drug-likeness (QED) is 0.741. The predicted octanol–water partition coefficient (Wildman–Crippen LogP) is 3.08. The van der Waals surface area contributed by atoms with Gasteiger partial charge in [0.15, 0.2) is 17.9 Å². The number of aromatic nitrogens is 1. The first-order chi connectivity index (χ1) is 11.6. The number of oxazole rings is 1. The standard InChI is InChI=1S/C18H17N3O3/c1-20(2)13-5-6-14-12(8-13)10-21(17(14)16-9-19-11-24-16)18(22)15-4-3-7-23-15/h3-9,11,17H,10H2,1-2H3/t17-/m1/s1. The lowest BCUT2D eigenvalue weighted by Gasteiger charge is -2.22. The molecule has 6 nitrogen and oxygen atoms in total. The van der Waals surface area contributed by atoms with Gasteiger partial charge in [-0.1, -0.05) is 6.07 Å². The van der Waals surface area contributed by atoms with E-state index in [0.29, 0.717) is 18.1 Å². The van der Waals surface area contributed by atoms with E-state index in [1.54, 1.807) is 23.2 Å². The summed E-state index contributed by atoms with van der Waals surface area (Å²) in [6.45, 7) is 0.502. The topological polar surface area (TPSA) is 62.7 Å². The molecule has 0 fully saturated rings. The highest BCUT2D eigenvalue weighted by Crippen LogP contribution is 2.40. The summed E-state index contributed by atoms with van der Waals surface area (Å²) in [5.74, 6) is 0.801. The van der Waals surface area contributed by atoms with Crippen molar-refractivity contribution in [3.8, 4) is 0 Å². The lowest BCUT2D eigenvalue weighted by molar-refractivity contribution is 0.0671. The average molecular weight is 323 g/mol. The minimum atomic E-state index is -0.295. The Balaban J connectivity index is 1.78. The molecule has 122 valence electrons. The third kappa shape index (κ3) is 2.27. The largest absolute Gasteiger partial charge is 0.459 e. The highest BCUT2D eigenvalue weighted by molar-refractivity contribution is 5.92. The molecule has 6 heteroatoms. The van der Waals surface area contributed by atoms with Gasteiger partial charge >= 0.3 is 0 Å². The highest BCUT2D eigenvalue weighted by atomic mass is 16.3. The normalized spacial score (nSPS) is 16.2. The van der Waals surface area contributed by atoms with E-state index in [-0.39, 0.29) is 11.9 Å². The molecule has 3 heterocycles. The van der Waals surface area contributed by atoms with Crippen LogP contribution in [0.25, 0.3) is 0 Å². The molecule has 1 aromatic carbocycles. The van der Waals surface area contributed by atoms with Crippen LogP contribution >= 0.6 is 0 Å². The summed E-state index contributed by atoms with van der Waals surface area (Å²) in [5.41, 5.74) is 3.25. The van der Waals surface area contributed by atoms with Gasteiger partial charge in [0.25, 0.3) is 5.91 Å². The SMILES string of the molecule is CN(C)c1ccc2c(c1)CN(C(=O)c1ccco1)[C@H]2c1cnco1. The van der Waals surface area contributed by atoms with Crippen LogP contribution in [-0.4, -0.2) is 29.9 Å². The smallest absolute Gasteiger partial charge is 0.290 e. The Hall–Kier alpha value is -3.02. The molecule has 0 unspecified atom stereocenters. The van der Waals surface area contributed by atoms with Crippen molar-refractivity contribution in [1.82, 2.24) is 9.88 Å². The lowest BCUT2D eigenvalue weighted by Crippen LogP contribution is -2.29. The van der Waals surface area contributed by atoms with Crippen LogP contribution in [0, 0.1) is 0 Å². The molecule has 0 aliphatic carbocycles. The highest BCUT2D eigenvalue weighted by Gasteiger charge is 2.38. The number of hydrogen-bond acceptors (Lipinski definition) is 5. The number of nitrogens with zero attached hydrogens (tertiary/aromatic N) is 3. The van der Waals surface area contributed by atoms with Crippen molar-refractivity contribution >= 4 is 11.6 Å². The van der Waals surface area contributed by atoms with Gasteiger partial charge in [-0.15, -0.1) is 0 Å². The molecule has 1 amide bonds. The van der Waals surface area contributed by atoms with Gasteiger partial charge in [0, 0.05) is 26.3 Å². The Kier molecular flexibility index (Phi) is 3.37. The minimum Gasteiger partial charge on any atom is -0.459 e. The summed E-state index contributed by atoms with van der Waals surface area (Å²) >= 11 is 0. The molecule has 0 saturated heterocycles. The molecule has 2 aromatic heterocycles. The maximum atomic E-state index is 12.9. The second-order valence-electron chi connectivity index (χ2n) is 5.99. The molecule has 24 heavy (non-hydrogen) atoms. The van der Waals surface area contributed by atoms with Crippen LogP contribution in [0.2, 0.25) is 0 Å². The summed E-state index contributed by atoms with van der Waals surface area (Å²) in [4.78, 5) is 20.7. The zero-order valence-electron chi connectivity index (χ0n) is 13.5. The molecule has 4 rings (SSSR count). The molecule has 1 aliphatic rings. The molecule has 0 saturated carbocycles.